The van der Waals surface area contributed by atoms with Crippen molar-refractivity contribution in [2.24, 2.45) is 0 Å². The zero-order valence-corrected chi connectivity index (χ0v) is 8.50. The molecular weight excluding hydrogens is 170 g/mol. The first-order valence-corrected chi connectivity index (χ1v) is 5.38. The second-order valence-corrected chi connectivity index (χ2v) is 3.83. The molecule has 14 heavy (non-hydrogen) atoms. The van der Waals surface area contributed by atoms with Crippen molar-refractivity contribution < 1.29 is 0 Å². The summed E-state index contributed by atoms with van der Waals surface area (Å²) in [4.78, 5) is 0. The third-order valence-corrected chi connectivity index (χ3v) is 2.66. The summed E-state index contributed by atoms with van der Waals surface area (Å²) in [5.41, 5.74) is 3.02. The van der Waals surface area contributed by atoms with Crippen LogP contribution in [0.5, 0.6) is 0 Å². The van der Waals surface area contributed by atoms with E-state index in [2.05, 4.69) is 41.7 Å². The first-order chi connectivity index (χ1) is 6.95. The minimum atomic E-state index is 1.04. The quantitative estimate of drug-likeness (QED) is 0.702. The van der Waals surface area contributed by atoms with Gasteiger partial charge in [0, 0.05) is 6.54 Å². The smallest absolute Gasteiger partial charge is 0.0137 e. The van der Waals surface area contributed by atoms with Gasteiger partial charge >= 0.3 is 0 Å². The Balaban J connectivity index is 1.99. The average molecular weight is 187 g/mol. The molecule has 0 fully saturated rings. The van der Waals surface area contributed by atoms with Crippen molar-refractivity contribution in [2.75, 3.05) is 13.1 Å². The first-order valence-electron chi connectivity index (χ1n) is 5.38. The Labute approximate surface area is 85.8 Å². The monoisotopic (exact) mass is 187 g/mol. The minimum absolute atomic E-state index is 1.04. The Morgan fingerprint density at radius 1 is 1.14 bits per heavy atom. The van der Waals surface area contributed by atoms with E-state index in [1.165, 1.54) is 18.4 Å². The summed E-state index contributed by atoms with van der Waals surface area (Å²) < 4.78 is 0. The van der Waals surface area contributed by atoms with Crippen LogP contribution < -0.4 is 5.32 Å². The Bertz CT molecular complexity index is 300. The predicted molar refractivity (Wildman–Crippen MR) is 60.3 cm³/mol. The normalized spacial score (nSPS) is 17.3. The summed E-state index contributed by atoms with van der Waals surface area (Å²) in [5, 5.41) is 3.39. The minimum Gasteiger partial charge on any atom is -0.313 e. The number of rotatable bonds is 2. The van der Waals surface area contributed by atoms with E-state index in [0.29, 0.717) is 0 Å². The lowest BCUT2D eigenvalue weighted by Crippen LogP contribution is -2.12. The Morgan fingerprint density at radius 2 is 2.00 bits per heavy atom. The number of benzene rings is 1. The van der Waals surface area contributed by atoms with Crippen LogP contribution in [0.4, 0.5) is 0 Å². The van der Waals surface area contributed by atoms with Gasteiger partial charge in [0.15, 0.2) is 0 Å². The lowest BCUT2D eigenvalue weighted by molar-refractivity contribution is 0.712. The van der Waals surface area contributed by atoms with Gasteiger partial charge in [-0.1, -0.05) is 42.0 Å². The summed E-state index contributed by atoms with van der Waals surface area (Å²) in [5.74, 6) is 0. The molecule has 0 saturated carbocycles. The first kappa shape index (κ1) is 9.47. The second-order valence-electron chi connectivity index (χ2n) is 3.83. The van der Waals surface area contributed by atoms with Gasteiger partial charge in [0.25, 0.3) is 0 Å². The lowest BCUT2D eigenvalue weighted by atomic mass is 10.0. The van der Waals surface area contributed by atoms with E-state index in [0.717, 1.165) is 19.5 Å². The molecule has 1 heteroatoms. The van der Waals surface area contributed by atoms with E-state index in [4.69, 9.17) is 0 Å². The van der Waals surface area contributed by atoms with E-state index in [9.17, 15) is 0 Å². The van der Waals surface area contributed by atoms with E-state index < -0.39 is 0 Å². The Morgan fingerprint density at radius 3 is 2.86 bits per heavy atom. The molecule has 0 spiro atoms. The van der Waals surface area contributed by atoms with E-state index in [-0.39, 0.29) is 0 Å². The standard InChI is InChI=1S/C13H17N/c1-2-5-12(6-3-1)11-13-7-4-9-14-10-8-13/h1-3,5-6,8,14H,4,7,9-11H2. The molecule has 0 bridgehead atoms. The third-order valence-electron chi connectivity index (χ3n) is 2.66. The zero-order chi connectivity index (χ0) is 9.64. The van der Waals surface area contributed by atoms with Gasteiger partial charge in [0.05, 0.1) is 0 Å². The van der Waals surface area contributed by atoms with Gasteiger partial charge in [-0.25, -0.2) is 0 Å². The maximum absolute atomic E-state index is 3.39. The van der Waals surface area contributed by atoms with Crippen LogP contribution in [0.15, 0.2) is 42.0 Å². The van der Waals surface area contributed by atoms with Crippen LogP contribution in [-0.2, 0) is 6.42 Å². The summed E-state index contributed by atoms with van der Waals surface area (Å²) in [6, 6.07) is 10.7. The van der Waals surface area contributed by atoms with Crippen molar-refractivity contribution in [3.8, 4) is 0 Å². The maximum Gasteiger partial charge on any atom is 0.0137 e. The number of allylic oxidation sites excluding steroid dienone is 1. The van der Waals surface area contributed by atoms with Gasteiger partial charge in [-0.3, -0.25) is 0 Å². The predicted octanol–water partition coefficient (Wildman–Crippen LogP) is 2.54. The van der Waals surface area contributed by atoms with Crippen molar-refractivity contribution in [2.45, 2.75) is 19.3 Å². The molecule has 1 aliphatic heterocycles. The molecule has 0 radical (unpaired) electrons. The van der Waals surface area contributed by atoms with Crippen molar-refractivity contribution in [3.63, 3.8) is 0 Å². The van der Waals surface area contributed by atoms with Crippen LogP contribution in [0, 0.1) is 0 Å². The molecule has 0 amide bonds. The number of nitrogens with one attached hydrogen (secondary N) is 1. The third kappa shape index (κ3) is 2.71. The molecule has 1 aromatic rings. The Hall–Kier alpha value is -1.08. The van der Waals surface area contributed by atoms with Crippen molar-refractivity contribution in [3.05, 3.63) is 47.5 Å². The largest absolute Gasteiger partial charge is 0.313 e. The van der Waals surface area contributed by atoms with Crippen molar-refractivity contribution in [1.29, 1.82) is 0 Å². The van der Waals surface area contributed by atoms with Crippen LogP contribution in [0.25, 0.3) is 0 Å². The summed E-state index contributed by atoms with van der Waals surface area (Å²) in [6.45, 7) is 2.21. The molecule has 1 nitrogen and oxygen atoms in total. The summed E-state index contributed by atoms with van der Waals surface area (Å²) in [6.07, 6.45) is 6.00. The maximum atomic E-state index is 3.39. The molecule has 0 unspecified atom stereocenters. The van der Waals surface area contributed by atoms with Crippen LogP contribution in [0.3, 0.4) is 0 Å². The highest BCUT2D eigenvalue weighted by Crippen LogP contribution is 2.13. The van der Waals surface area contributed by atoms with Gasteiger partial charge in [0.2, 0.25) is 0 Å². The molecule has 2 rings (SSSR count). The topological polar surface area (TPSA) is 12.0 Å². The molecule has 1 aliphatic rings. The van der Waals surface area contributed by atoms with Gasteiger partial charge in [-0.15, -0.1) is 0 Å². The van der Waals surface area contributed by atoms with Crippen LogP contribution in [-0.4, -0.2) is 13.1 Å². The summed E-state index contributed by atoms with van der Waals surface area (Å²) in [7, 11) is 0. The highest BCUT2D eigenvalue weighted by molar-refractivity contribution is 5.22. The van der Waals surface area contributed by atoms with E-state index >= 15 is 0 Å². The highest BCUT2D eigenvalue weighted by atomic mass is 14.8. The fourth-order valence-electron chi connectivity index (χ4n) is 1.88. The molecule has 0 saturated heterocycles. The lowest BCUT2D eigenvalue weighted by Gasteiger charge is -2.04. The average Bonchev–Trinajstić information content (AvgIpc) is 2.48. The molecule has 74 valence electrons. The van der Waals surface area contributed by atoms with Gasteiger partial charge < -0.3 is 5.32 Å². The fourth-order valence-corrected chi connectivity index (χ4v) is 1.88. The zero-order valence-electron chi connectivity index (χ0n) is 8.50. The SMILES string of the molecule is C1=C(Cc2ccccc2)CCCNC1. The molecule has 1 N–H and O–H groups in total. The van der Waals surface area contributed by atoms with E-state index in [1.54, 1.807) is 5.57 Å². The number of hydrogen-bond acceptors (Lipinski definition) is 1. The molecule has 0 aromatic heterocycles. The Kier molecular flexibility index (Phi) is 3.36. The van der Waals surface area contributed by atoms with Crippen molar-refractivity contribution in [1.82, 2.24) is 5.32 Å². The van der Waals surface area contributed by atoms with E-state index in [1.807, 2.05) is 0 Å². The highest BCUT2D eigenvalue weighted by Gasteiger charge is 2.02. The molecule has 1 heterocycles. The van der Waals surface area contributed by atoms with Gasteiger partial charge in [0.1, 0.15) is 0 Å². The molecular formula is C13H17N. The molecule has 0 atom stereocenters. The van der Waals surface area contributed by atoms with Crippen LogP contribution in [0.1, 0.15) is 18.4 Å². The summed E-state index contributed by atoms with van der Waals surface area (Å²) >= 11 is 0. The molecule has 1 aromatic carbocycles. The molecule has 0 aliphatic carbocycles. The van der Waals surface area contributed by atoms with Crippen molar-refractivity contribution >= 4 is 0 Å². The number of hydrogen-bond donors (Lipinski definition) is 1. The fraction of sp³-hybridized carbons (Fsp3) is 0.385. The van der Waals surface area contributed by atoms with Gasteiger partial charge in [-0.2, -0.15) is 0 Å². The van der Waals surface area contributed by atoms with Crippen LogP contribution in [0.2, 0.25) is 0 Å². The second kappa shape index (κ2) is 4.97. The van der Waals surface area contributed by atoms with Crippen LogP contribution >= 0.6 is 0 Å². The van der Waals surface area contributed by atoms with Gasteiger partial charge in [-0.05, 0) is 31.4 Å².